The first-order valence-electron chi connectivity index (χ1n) is 10.6. The van der Waals surface area contributed by atoms with Crippen molar-refractivity contribution in [2.24, 2.45) is 0 Å². The Bertz CT molecular complexity index is 910. The van der Waals surface area contributed by atoms with Crippen molar-refractivity contribution in [2.45, 2.75) is 64.1 Å². The van der Waals surface area contributed by atoms with Gasteiger partial charge >= 0.3 is 0 Å². The lowest BCUT2D eigenvalue weighted by atomic mass is 9.80. The lowest BCUT2D eigenvalue weighted by Crippen LogP contribution is -2.16. The lowest BCUT2D eigenvalue weighted by Gasteiger charge is -2.22. The van der Waals surface area contributed by atoms with Crippen molar-refractivity contribution in [3.8, 4) is 0 Å². The van der Waals surface area contributed by atoms with Gasteiger partial charge in [-0.2, -0.15) is 0 Å². The molecule has 0 spiro atoms. The van der Waals surface area contributed by atoms with Crippen molar-refractivity contribution >= 4 is 0 Å². The van der Waals surface area contributed by atoms with Gasteiger partial charge in [-0.15, -0.1) is 0 Å². The van der Waals surface area contributed by atoms with Crippen LogP contribution in [0.25, 0.3) is 0 Å². The molecule has 29 heavy (non-hydrogen) atoms. The molecule has 1 saturated heterocycles. The molecule has 1 atom stereocenters. The molecule has 1 aliphatic heterocycles. The Morgan fingerprint density at radius 3 is 1.38 bits per heavy atom. The van der Waals surface area contributed by atoms with E-state index in [1.165, 1.54) is 27.8 Å². The van der Waals surface area contributed by atoms with Gasteiger partial charge in [-0.3, -0.25) is 0 Å². The maximum absolute atomic E-state index is 6.51. The Kier molecular flexibility index (Phi) is 4.70. The summed E-state index contributed by atoms with van der Waals surface area (Å²) in [7, 11) is 0. The average molecular weight is 385 g/mol. The van der Waals surface area contributed by atoms with Crippen LogP contribution in [0.3, 0.4) is 0 Å². The minimum atomic E-state index is -0.409. The maximum Gasteiger partial charge on any atom is 0.149 e. The Hall–Kier alpha value is -2.38. The monoisotopic (exact) mass is 384 g/mol. The van der Waals surface area contributed by atoms with Gasteiger partial charge in [0.1, 0.15) is 11.7 Å². The van der Waals surface area contributed by atoms with E-state index in [1.54, 1.807) is 0 Å². The van der Waals surface area contributed by atoms with Gasteiger partial charge in [0, 0.05) is 0 Å². The summed E-state index contributed by atoms with van der Waals surface area (Å²) in [6.07, 6.45) is 0.0460. The minimum absolute atomic E-state index is 0.0460. The minimum Gasteiger partial charge on any atom is -0.351 e. The highest BCUT2D eigenvalue weighted by Crippen LogP contribution is 2.61. The van der Waals surface area contributed by atoms with Crippen LogP contribution >= 0.6 is 0 Å². The summed E-state index contributed by atoms with van der Waals surface area (Å²) in [6.45, 7) is 13.5. The Morgan fingerprint density at radius 1 is 0.586 bits per heavy atom. The molecular formula is C28H32O. The third kappa shape index (κ3) is 3.65. The highest BCUT2D eigenvalue weighted by atomic mass is 16.6. The van der Waals surface area contributed by atoms with Crippen molar-refractivity contribution in [2.75, 3.05) is 0 Å². The second-order valence-electron chi connectivity index (χ2n) is 10.3. The lowest BCUT2D eigenvalue weighted by molar-refractivity contribution is 0.329. The van der Waals surface area contributed by atoms with Crippen LogP contribution in [0.2, 0.25) is 0 Å². The summed E-state index contributed by atoms with van der Waals surface area (Å²) >= 11 is 0. The van der Waals surface area contributed by atoms with Gasteiger partial charge < -0.3 is 4.74 Å². The quantitative estimate of drug-likeness (QED) is 0.432. The fourth-order valence-corrected chi connectivity index (χ4v) is 4.12. The van der Waals surface area contributed by atoms with E-state index in [1.807, 2.05) is 0 Å². The van der Waals surface area contributed by atoms with E-state index in [4.69, 9.17) is 4.74 Å². The van der Waals surface area contributed by atoms with Crippen molar-refractivity contribution < 1.29 is 4.74 Å². The van der Waals surface area contributed by atoms with E-state index in [-0.39, 0.29) is 16.9 Å². The summed E-state index contributed by atoms with van der Waals surface area (Å²) in [5.74, 6) is 0. The van der Waals surface area contributed by atoms with Gasteiger partial charge in [0.2, 0.25) is 0 Å². The molecule has 1 nitrogen and oxygen atoms in total. The molecule has 1 aliphatic rings. The second-order valence-corrected chi connectivity index (χ2v) is 10.3. The molecule has 150 valence electrons. The molecule has 3 aromatic carbocycles. The first-order valence-corrected chi connectivity index (χ1v) is 10.6. The largest absolute Gasteiger partial charge is 0.351 e. The Balaban J connectivity index is 1.78. The van der Waals surface area contributed by atoms with Crippen LogP contribution in [0, 0.1) is 0 Å². The third-order valence-electron chi connectivity index (χ3n) is 6.08. The van der Waals surface area contributed by atoms with Crippen LogP contribution in [-0.4, -0.2) is 0 Å². The zero-order valence-electron chi connectivity index (χ0n) is 18.5. The summed E-state index contributed by atoms with van der Waals surface area (Å²) in [6, 6.07) is 28.6. The molecule has 1 fully saturated rings. The molecule has 0 aromatic heterocycles. The molecule has 0 amide bonds. The summed E-state index contributed by atoms with van der Waals surface area (Å²) < 4.78 is 6.51. The number of ether oxygens (including phenoxy) is 1. The highest BCUT2D eigenvalue weighted by molar-refractivity contribution is 5.48. The van der Waals surface area contributed by atoms with Crippen molar-refractivity contribution in [1.29, 1.82) is 0 Å². The summed E-state index contributed by atoms with van der Waals surface area (Å²) in [4.78, 5) is 0. The molecule has 0 aliphatic carbocycles. The number of hydrogen-bond donors (Lipinski definition) is 0. The van der Waals surface area contributed by atoms with E-state index < -0.39 is 5.60 Å². The number of rotatable bonds is 3. The van der Waals surface area contributed by atoms with Crippen LogP contribution in [0.5, 0.6) is 0 Å². The number of epoxide rings is 1. The van der Waals surface area contributed by atoms with Gasteiger partial charge in [-0.1, -0.05) is 120 Å². The SMILES string of the molecule is CC(C)(C)c1ccc(C2(c3ccc(C(C)(C)C)cc3)O[C@H]2c2ccccc2)cc1. The van der Waals surface area contributed by atoms with E-state index in [0.29, 0.717) is 0 Å². The Morgan fingerprint density at radius 2 is 1.00 bits per heavy atom. The second kappa shape index (κ2) is 6.85. The first kappa shape index (κ1) is 19.9. The van der Waals surface area contributed by atoms with E-state index in [2.05, 4.69) is 120 Å². The average Bonchev–Trinajstić information content (AvgIpc) is 3.45. The maximum atomic E-state index is 6.51. The van der Waals surface area contributed by atoms with Crippen LogP contribution in [-0.2, 0) is 21.2 Å². The molecule has 0 radical (unpaired) electrons. The number of benzene rings is 3. The van der Waals surface area contributed by atoms with Crippen LogP contribution in [0.15, 0.2) is 78.9 Å². The van der Waals surface area contributed by atoms with Gasteiger partial charge in [-0.05, 0) is 38.6 Å². The predicted octanol–water partition coefficient (Wildman–Crippen LogP) is 7.30. The van der Waals surface area contributed by atoms with E-state index in [9.17, 15) is 0 Å². The normalized spacial score (nSPS) is 18.5. The molecule has 4 rings (SSSR count). The van der Waals surface area contributed by atoms with Crippen molar-refractivity contribution in [3.63, 3.8) is 0 Å². The Labute approximate surface area is 175 Å². The summed E-state index contributed by atoms with van der Waals surface area (Å²) in [5, 5.41) is 0. The van der Waals surface area contributed by atoms with Crippen LogP contribution in [0.4, 0.5) is 0 Å². The van der Waals surface area contributed by atoms with Crippen LogP contribution < -0.4 is 0 Å². The summed E-state index contributed by atoms with van der Waals surface area (Å²) in [5.41, 5.74) is 6.24. The van der Waals surface area contributed by atoms with E-state index >= 15 is 0 Å². The predicted molar refractivity (Wildman–Crippen MR) is 121 cm³/mol. The molecule has 0 bridgehead atoms. The zero-order valence-corrected chi connectivity index (χ0v) is 18.5. The van der Waals surface area contributed by atoms with E-state index in [0.717, 1.165) is 0 Å². The van der Waals surface area contributed by atoms with Crippen molar-refractivity contribution in [3.05, 3.63) is 107 Å². The topological polar surface area (TPSA) is 12.5 Å². The fraction of sp³-hybridized carbons (Fsp3) is 0.357. The van der Waals surface area contributed by atoms with Crippen LogP contribution in [0.1, 0.15) is 75.5 Å². The van der Waals surface area contributed by atoms with Gasteiger partial charge in [-0.25, -0.2) is 0 Å². The molecule has 1 heteroatoms. The zero-order chi connectivity index (χ0) is 20.9. The molecule has 0 N–H and O–H groups in total. The standard InChI is InChI=1S/C28H32O/c1-26(2,3)21-12-16-23(17-13-21)28(25(29-28)20-10-8-7-9-11-20)24-18-14-22(15-19-24)27(4,5)6/h7-19,25H,1-6H3/t25-/m0/s1. The molecule has 3 aromatic rings. The van der Waals surface area contributed by atoms with Crippen molar-refractivity contribution in [1.82, 2.24) is 0 Å². The molecular weight excluding hydrogens is 352 g/mol. The van der Waals surface area contributed by atoms with Gasteiger partial charge in [0.25, 0.3) is 0 Å². The van der Waals surface area contributed by atoms with Gasteiger partial charge in [0.15, 0.2) is 0 Å². The first-order chi connectivity index (χ1) is 13.6. The van der Waals surface area contributed by atoms with Gasteiger partial charge in [0.05, 0.1) is 0 Å². The number of hydrogen-bond acceptors (Lipinski definition) is 1. The molecule has 1 heterocycles. The molecule has 0 unspecified atom stereocenters. The molecule has 0 saturated carbocycles. The highest BCUT2D eigenvalue weighted by Gasteiger charge is 2.59. The fourth-order valence-electron chi connectivity index (χ4n) is 4.12. The smallest absolute Gasteiger partial charge is 0.149 e. The third-order valence-corrected chi connectivity index (χ3v) is 6.08.